The van der Waals surface area contributed by atoms with Crippen molar-refractivity contribution in [3.05, 3.63) is 48.0 Å². The monoisotopic (exact) mass is 659 g/mol. The van der Waals surface area contributed by atoms with Gasteiger partial charge in [0.25, 0.3) is 11.8 Å². The Morgan fingerprint density at radius 3 is 1.53 bits per heavy atom. The van der Waals surface area contributed by atoms with Gasteiger partial charge in [0.2, 0.25) is 20.9 Å². The van der Waals surface area contributed by atoms with Crippen LogP contribution in [0, 0.1) is 0 Å². The smallest absolute Gasteiger partial charge is 0.269 e. The minimum absolute atomic E-state index is 0.126. The molecule has 0 bridgehead atoms. The Balaban J connectivity index is 0.000000185. The van der Waals surface area contributed by atoms with E-state index in [-0.39, 0.29) is 22.1 Å². The SMILES string of the molecule is CC(C)(C)n1nc(C(N)=O)c2ccc3cnc(S(C)(=O)=O)nc3c21.CN(C)c1ncc2ccc3c(C(N)=O)nn(C(C)(C)C)c3c2n1. The number of nitrogens with zero attached hydrogens (tertiary/aromatic N) is 9. The maximum Gasteiger partial charge on any atom is 0.269 e. The van der Waals surface area contributed by atoms with Gasteiger partial charge >= 0.3 is 0 Å². The number of hydrogen-bond acceptors (Lipinski definition) is 11. The maximum atomic E-state index is 11.8. The van der Waals surface area contributed by atoms with E-state index < -0.39 is 27.2 Å². The molecule has 6 rings (SSSR count). The molecule has 4 heterocycles. The van der Waals surface area contributed by atoms with Crippen molar-refractivity contribution in [2.45, 2.75) is 57.8 Å². The Morgan fingerprint density at radius 2 is 1.15 bits per heavy atom. The van der Waals surface area contributed by atoms with Crippen LogP contribution in [0.5, 0.6) is 0 Å². The molecule has 15 nitrogen and oxygen atoms in total. The van der Waals surface area contributed by atoms with Crippen LogP contribution in [0.4, 0.5) is 5.95 Å². The predicted molar refractivity (Wildman–Crippen MR) is 180 cm³/mol. The molecular formula is C31H37N11O4S. The van der Waals surface area contributed by atoms with Crippen LogP contribution in [0.25, 0.3) is 43.6 Å². The summed E-state index contributed by atoms with van der Waals surface area (Å²) in [5.74, 6) is -0.591. The maximum absolute atomic E-state index is 11.8. The summed E-state index contributed by atoms with van der Waals surface area (Å²) in [5, 5.41) is 11.3. The molecule has 16 heteroatoms. The Morgan fingerprint density at radius 1 is 0.723 bits per heavy atom. The topological polar surface area (TPSA) is 211 Å². The Kier molecular flexibility index (Phi) is 7.91. The van der Waals surface area contributed by atoms with E-state index >= 15 is 0 Å². The standard InChI is InChI=1S/C16H20N6O.C15H17N5O3S/c1-16(2,3)22-13-10(12(20-22)14(17)23)7-6-9-8-18-15(21(4)5)19-11(9)13;1-15(2,3)20-12-9(11(19-20)13(16)21)6-5-8-7-17-14(18-10(8)12)24(4,22)23/h6-8H,1-5H3,(H2,17,23);5-7H,1-4H3,(H2,16,21). The van der Waals surface area contributed by atoms with Gasteiger partial charge in [0.1, 0.15) is 11.0 Å². The summed E-state index contributed by atoms with van der Waals surface area (Å²) in [6.45, 7) is 11.8. The van der Waals surface area contributed by atoms with Crippen molar-refractivity contribution in [2.75, 3.05) is 25.3 Å². The molecule has 47 heavy (non-hydrogen) atoms. The number of benzene rings is 2. The van der Waals surface area contributed by atoms with Crippen LogP contribution in [0.15, 0.2) is 41.8 Å². The van der Waals surface area contributed by atoms with Crippen molar-refractivity contribution < 1.29 is 18.0 Å². The summed E-state index contributed by atoms with van der Waals surface area (Å²) in [6.07, 6.45) is 4.27. The fourth-order valence-electron chi connectivity index (χ4n) is 5.09. The Bertz CT molecular complexity index is 2350. The van der Waals surface area contributed by atoms with Gasteiger partial charge in [0.15, 0.2) is 11.4 Å². The van der Waals surface area contributed by atoms with Gasteiger partial charge < -0.3 is 16.4 Å². The molecule has 2 amide bonds. The van der Waals surface area contributed by atoms with Gasteiger partial charge in [-0.25, -0.2) is 28.4 Å². The largest absolute Gasteiger partial charge is 0.364 e. The molecule has 0 saturated carbocycles. The third-order valence-corrected chi connectivity index (χ3v) is 8.08. The van der Waals surface area contributed by atoms with Crippen molar-refractivity contribution in [2.24, 2.45) is 11.5 Å². The van der Waals surface area contributed by atoms with Gasteiger partial charge in [0, 0.05) is 54.3 Å². The van der Waals surface area contributed by atoms with E-state index in [0.29, 0.717) is 33.1 Å². The van der Waals surface area contributed by atoms with E-state index in [1.54, 1.807) is 23.0 Å². The van der Waals surface area contributed by atoms with Gasteiger partial charge in [-0.15, -0.1) is 0 Å². The van der Waals surface area contributed by atoms with Gasteiger partial charge in [-0.05, 0) is 53.7 Å². The lowest BCUT2D eigenvalue weighted by molar-refractivity contribution is 0.0987. The van der Waals surface area contributed by atoms with Crippen LogP contribution in [0.3, 0.4) is 0 Å². The fourth-order valence-corrected chi connectivity index (χ4v) is 5.59. The molecule has 0 saturated heterocycles. The molecular weight excluding hydrogens is 622 g/mol. The number of nitrogens with two attached hydrogens (primary N) is 2. The molecule has 0 unspecified atom stereocenters. The number of aromatic nitrogens is 8. The number of sulfone groups is 1. The first-order chi connectivity index (χ1) is 21.7. The van der Waals surface area contributed by atoms with Crippen LogP contribution in [0.2, 0.25) is 0 Å². The van der Waals surface area contributed by atoms with E-state index in [1.165, 1.54) is 6.20 Å². The molecule has 0 spiro atoms. The quantitative estimate of drug-likeness (QED) is 0.262. The lowest BCUT2D eigenvalue weighted by atomic mass is 10.1. The zero-order valence-corrected chi connectivity index (χ0v) is 28.5. The van der Waals surface area contributed by atoms with E-state index in [9.17, 15) is 18.0 Å². The third kappa shape index (κ3) is 6.03. The summed E-state index contributed by atoms with van der Waals surface area (Å²) < 4.78 is 27.0. The van der Waals surface area contributed by atoms with Crippen LogP contribution < -0.4 is 16.4 Å². The second-order valence-electron chi connectivity index (χ2n) is 13.4. The third-order valence-electron chi connectivity index (χ3n) is 7.22. The number of carbonyl (C=O) groups is 2. The minimum atomic E-state index is -3.56. The van der Waals surface area contributed by atoms with Crippen molar-refractivity contribution >= 4 is 71.2 Å². The Hall–Kier alpha value is -5.25. The average Bonchev–Trinajstić information content (AvgIpc) is 3.57. The van der Waals surface area contributed by atoms with E-state index in [1.807, 2.05) is 77.4 Å². The van der Waals surface area contributed by atoms with E-state index in [2.05, 4.69) is 30.1 Å². The van der Waals surface area contributed by atoms with Crippen molar-refractivity contribution in [1.82, 2.24) is 39.5 Å². The van der Waals surface area contributed by atoms with Gasteiger partial charge in [0.05, 0.1) is 22.1 Å². The first-order valence-electron chi connectivity index (χ1n) is 14.5. The van der Waals surface area contributed by atoms with Crippen LogP contribution >= 0.6 is 0 Å². The molecule has 246 valence electrons. The second kappa shape index (κ2) is 11.2. The summed E-state index contributed by atoms with van der Waals surface area (Å²) in [5.41, 5.74) is 13.1. The van der Waals surface area contributed by atoms with Gasteiger partial charge in [-0.1, -0.05) is 12.1 Å². The number of rotatable bonds is 4. The zero-order valence-electron chi connectivity index (χ0n) is 27.7. The van der Waals surface area contributed by atoms with E-state index in [4.69, 9.17) is 11.5 Å². The van der Waals surface area contributed by atoms with Crippen molar-refractivity contribution in [3.8, 4) is 0 Å². The molecule has 6 aromatic rings. The molecule has 0 fully saturated rings. The highest BCUT2D eigenvalue weighted by molar-refractivity contribution is 7.90. The van der Waals surface area contributed by atoms with Crippen LogP contribution in [-0.2, 0) is 20.9 Å². The fraction of sp³-hybridized carbons (Fsp3) is 0.355. The second-order valence-corrected chi connectivity index (χ2v) is 15.3. The Labute approximate surface area is 270 Å². The number of fused-ring (bicyclic) bond motifs is 6. The normalized spacial score (nSPS) is 12.4. The average molecular weight is 660 g/mol. The first-order valence-corrected chi connectivity index (χ1v) is 16.4. The number of carbonyl (C=O) groups excluding carboxylic acids is 2. The number of hydrogen-bond donors (Lipinski definition) is 2. The minimum Gasteiger partial charge on any atom is -0.364 e. The first kappa shape index (κ1) is 33.1. The molecule has 0 radical (unpaired) electrons. The molecule has 0 atom stereocenters. The highest BCUT2D eigenvalue weighted by Crippen LogP contribution is 2.32. The highest BCUT2D eigenvalue weighted by atomic mass is 32.2. The summed E-state index contributed by atoms with van der Waals surface area (Å²) in [7, 11) is 0.208. The molecule has 0 aliphatic rings. The number of primary amides is 2. The molecule has 4 aromatic heterocycles. The predicted octanol–water partition coefficient (Wildman–Crippen LogP) is 3.14. The molecule has 4 N–H and O–H groups in total. The molecule has 2 aromatic carbocycles. The molecule has 0 aliphatic carbocycles. The van der Waals surface area contributed by atoms with Crippen LogP contribution in [-0.4, -0.2) is 80.1 Å². The lowest BCUT2D eigenvalue weighted by Gasteiger charge is -2.21. The highest BCUT2D eigenvalue weighted by Gasteiger charge is 2.26. The number of amides is 2. The lowest BCUT2D eigenvalue weighted by Crippen LogP contribution is -2.24. The summed E-state index contributed by atoms with van der Waals surface area (Å²) in [4.78, 5) is 42.4. The van der Waals surface area contributed by atoms with Crippen LogP contribution in [0.1, 0.15) is 62.5 Å². The van der Waals surface area contributed by atoms with E-state index in [0.717, 1.165) is 22.7 Å². The zero-order chi connectivity index (χ0) is 34.8. The summed E-state index contributed by atoms with van der Waals surface area (Å²) in [6, 6.07) is 7.17. The molecule has 0 aliphatic heterocycles. The van der Waals surface area contributed by atoms with Crippen molar-refractivity contribution in [3.63, 3.8) is 0 Å². The van der Waals surface area contributed by atoms with Gasteiger partial charge in [-0.2, -0.15) is 10.2 Å². The van der Waals surface area contributed by atoms with Gasteiger partial charge in [-0.3, -0.25) is 19.0 Å². The number of anilines is 1. The summed E-state index contributed by atoms with van der Waals surface area (Å²) >= 11 is 0. The van der Waals surface area contributed by atoms with Crippen molar-refractivity contribution in [1.29, 1.82) is 0 Å².